The number of nitrogens with zero attached hydrogens (tertiary/aromatic N) is 1. The zero-order valence-corrected chi connectivity index (χ0v) is 14.9. The molecule has 1 aromatic rings. The molecule has 3 amide bonds. The average Bonchev–Trinajstić information content (AvgIpc) is 2.97. The van der Waals surface area contributed by atoms with Gasteiger partial charge in [-0.1, -0.05) is 11.8 Å². The SMILES string of the molecule is COc1ccc(OCC(=O)OCC(=O)NCCN2C(=O)CSC2=O)cc1. The van der Waals surface area contributed by atoms with E-state index in [1.165, 1.54) is 7.11 Å². The first kappa shape index (κ1) is 19.6. The summed E-state index contributed by atoms with van der Waals surface area (Å²) < 4.78 is 15.0. The molecule has 9 nitrogen and oxygen atoms in total. The van der Waals surface area contributed by atoms with Gasteiger partial charge < -0.3 is 19.5 Å². The number of imide groups is 1. The third-order valence-corrected chi connectivity index (χ3v) is 4.14. The maximum absolute atomic E-state index is 11.6. The molecule has 1 aromatic carbocycles. The quantitative estimate of drug-likeness (QED) is 0.612. The van der Waals surface area contributed by atoms with Crippen LogP contribution in [0.4, 0.5) is 4.79 Å². The summed E-state index contributed by atoms with van der Waals surface area (Å²) in [6.45, 7) is -0.628. The van der Waals surface area contributed by atoms with Crippen LogP contribution in [0.1, 0.15) is 0 Å². The van der Waals surface area contributed by atoms with Gasteiger partial charge in [0.05, 0.1) is 12.9 Å². The molecule has 0 radical (unpaired) electrons. The maximum Gasteiger partial charge on any atom is 0.344 e. The number of esters is 1. The van der Waals surface area contributed by atoms with Crippen LogP contribution in [0.3, 0.4) is 0 Å². The molecule has 0 aliphatic carbocycles. The lowest BCUT2D eigenvalue weighted by Gasteiger charge is -2.13. The summed E-state index contributed by atoms with van der Waals surface area (Å²) in [6.07, 6.45) is 0. The molecule has 1 heterocycles. The Balaban J connectivity index is 1.59. The largest absolute Gasteiger partial charge is 0.497 e. The lowest BCUT2D eigenvalue weighted by molar-refractivity contribution is -0.150. The molecule has 1 saturated heterocycles. The van der Waals surface area contributed by atoms with E-state index in [1.54, 1.807) is 24.3 Å². The summed E-state index contributed by atoms with van der Waals surface area (Å²) in [5, 5.41) is 2.14. The van der Waals surface area contributed by atoms with E-state index in [4.69, 9.17) is 14.2 Å². The van der Waals surface area contributed by atoms with Crippen molar-refractivity contribution >= 4 is 34.8 Å². The van der Waals surface area contributed by atoms with Crippen LogP contribution >= 0.6 is 11.8 Å². The zero-order valence-electron chi connectivity index (χ0n) is 14.1. The number of nitrogens with one attached hydrogen (secondary N) is 1. The van der Waals surface area contributed by atoms with E-state index in [9.17, 15) is 19.2 Å². The van der Waals surface area contributed by atoms with Crippen molar-refractivity contribution in [2.24, 2.45) is 0 Å². The van der Waals surface area contributed by atoms with E-state index in [0.29, 0.717) is 11.5 Å². The molecule has 26 heavy (non-hydrogen) atoms. The molecule has 0 spiro atoms. The van der Waals surface area contributed by atoms with Crippen LogP contribution in [-0.4, -0.2) is 67.1 Å². The second-order valence-electron chi connectivity index (χ2n) is 5.07. The summed E-state index contributed by atoms with van der Waals surface area (Å²) >= 11 is 0.927. The lowest BCUT2D eigenvalue weighted by atomic mass is 10.3. The van der Waals surface area contributed by atoms with E-state index < -0.39 is 18.5 Å². The van der Waals surface area contributed by atoms with E-state index >= 15 is 0 Å². The molecule has 10 heteroatoms. The number of methoxy groups -OCH3 is 1. The Morgan fingerprint density at radius 1 is 1.15 bits per heavy atom. The third kappa shape index (κ3) is 5.96. The van der Waals surface area contributed by atoms with Crippen molar-refractivity contribution in [1.29, 1.82) is 0 Å². The first-order valence-electron chi connectivity index (χ1n) is 7.66. The maximum atomic E-state index is 11.6. The summed E-state index contributed by atoms with van der Waals surface area (Å²) in [7, 11) is 1.54. The minimum atomic E-state index is -0.697. The van der Waals surface area contributed by atoms with Crippen LogP contribution in [0, 0.1) is 0 Å². The zero-order chi connectivity index (χ0) is 18.9. The van der Waals surface area contributed by atoms with E-state index in [0.717, 1.165) is 16.7 Å². The van der Waals surface area contributed by atoms with Gasteiger partial charge in [0.25, 0.3) is 11.1 Å². The van der Waals surface area contributed by atoms with Gasteiger partial charge in [-0.25, -0.2) is 4.79 Å². The van der Waals surface area contributed by atoms with Gasteiger partial charge in [-0.15, -0.1) is 0 Å². The van der Waals surface area contributed by atoms with Gasteiger partial charge in [0, 0.05) is 13.1 Å². The third-order valence-electron chi connectivity index (χ3n) is 3.28. The van der Waals surface area contributed by atoms with Crippen molar-refractivity contribution in [3.8, 4) is 11.5 Å². The van der Waals surface area contributed by atoms with Gasteiger partial charge in [0.2, 0.25) is 5.91 Å². The molecule has 0 unspecified atom stereocenters. The second kappa shape index (κ2) is 9.66. The minimum Gasteiger partial charge on any atom is -0.497 e. The Kier molecular flexibility index (Phi) is 7.27. The Morgan fingerprint density at radius 3 is 2.46 bits per heavy atom. The smallest absolute Gasteiger partial charge is 0.344 e. The fourth-order valence-corrected chi connectivity index (χ4v) is 2.71. The molecule has 1 fully saturated rings. The molecule has 140 valence electrons. The number of thioether (sulfide) groups is 1. The van der Waals surface area contributed by atoms with Gasteiger partial charge in [-0.05, 0) is 24.3 Å². The second-order valence-corrected chi connectivity index (χ2v) is 6.00. The molecule has 1 N–H and O–H groups in total. The van der Waals surface area contributed by atoms with Crippen LogP contribution in [0.2, 0.25) is 0 Å². The van der Waals surface area contributed by atoms with Crippen molar-refractivity contribution in [2.75, 3.05) is 39.2 Å². The van der Waals surface area contributed by atoms with Crippen molar-refractivity contribution in [1.82, 2.24) is 10.2 Å². The van der Waals surface area contributed by atoms with Gasteiger partial charge in [0.1, 0.15) is 11.5 Å². The summed E-state index contributed by atoms with van der Waals surface area (Å²) in [6, 6.07) is 6.64. The standard InChI is InChI=1S/C16H18N2O7S/c1-23-11-2-4-12(5-3-11)24-9-15(21)25-8-13(19)17-6-7-18-14(20)10-26-16(18)22/h2-5H,6-10H2,1H3,(H,17,19). The fourth-order valence-electron chi connectivity index (χ4n) is 1.96. The highest BCUT2D eigenvalue weighted by atomic mass is 32.2. The monoisotopic (exact) mass is 382 g/mol. The van der Waals surface area contributed by atoms with E-state index in [-0.39, 0.29) is 36.6 Å². The fraction of sp³-hybridized carbons (Fsp3) is 0.375. The van der Waals surface area contributed by atoms with E-state index in [2.05, 4.69) is 5.32 Å². The van der Waals surface area contributed by atoms with Gasteiger partial charge in [0.15, 0.2) is 13.2 Å². The van der Waals surface area contributed by atoms with Gasteiger partial charge in [-0.2, -0.15) is 0 Å². The first-order valence-corrected chi connectivity index (χ1v) is 8.64. The number of ether oxygens (including phenoxy) is 3. The van der Waals surface area contributed by atoms with Crippen LogP contribution in [0.5, 0.6) is 11.5 Å². The summed E-state index contributed by atoms with van der Waals surface area (Å²) in [5.41, 5.74) is 0. The molecule has 0 bridgehead atoms. The Hall–Kier alpha value is -2.75. The van der Waals surface area contributed by atoms with Crippen LogP contribution in [0.15, 0.2) is 24.3 Å². The highest BCUT2D eigenvalue weighted by Crippen LogP contribution is 2.18. The van der Waals surface area contributed by atoms with Crippen molar-refractivity contribution < 1.29 is 33.4 Å². The Morgan fingerprint density at radius 2 is 1.85 bits per heavy atom. The van der Waals surface area contributed by atoms with Crippen molar-refractivity contribution in [3.05, 3.63) is 24.3 Å². The first-order chi connectivity index (χ1) is 12.5. The van der Waals surface area contributed by atoms with Crippen molar-refractivity contribution in [3.63, 3.8) is 0 Å². The number of rotatable bonds is 9. The van der Waals surface area contributed by atoms with Gasteiger partial charge in [-0.3, -0.25) is 19.3 Å². The topological polar surface area (TPSA) is 111 Å². The number of carbonyl (C=O) groups is 4. The number of benzene rings is 1. The minimum absolute atomic E-state index is 0.0882. The number of carbonyl (C=O) groups excluding carboxylic acids is 4. The lowest BCUT2D eigenvalue weighted by Crippen LogP contribution is -2.39. The highest BCUT2D eigenvalue weighted by Gasteiger charge is 2.29. The van der Waals surface area contributed by atoms with Crippen molar-refractivity contribution in [2.45, 2.75) is 0 Å². The molecule has 1 aliphatic rings. The molecule has 1 aliphatic heterocycles. The van der Waals surface area contributed by atoms with Crippen LogP contribution in [0.25, 0.3) is 0 Å². The highest BCUT2D eigenvalue weighted by molar-refractivity contribution is 8.14. The summed E-state index contributed by atoms with van der Waals surface area (Å²) in [5.74, 6) is -0.265. The molecule has 0 aromatic heterocycles. The predicted octanol–water partition coefficient (Wildman–Crippen LogP) is 0.429. The number of hydrogen-bond donors (Lipinski definition) is 1. The van der Waals surface area contributed by atoms with Crippen LogP contribution < -0.4 is 14.8 Å². The molecule has 2 rings (SSSR count). The molecular weight excluding hydrogens is 364 g/mol. The predicted molar refractivity (Wildman–Crippen MR) is 92.0 cm³/mol. The van der Waals surface area contributed by atoms with Crippen LogP contribution in [-0.2, 0) is 19.1 Å². The summed E-state index contributed by atoms with van der Waals surface area (Å²) in [4.78, 5) is 47.0. The molecular formula is C16H18N2O7S. The van der Waals surface area contributed by atoms with E-state index in [1.807, 2.05) is 0 Å². The normalized spacial score (nSPS) is 13.5. The van der Waals surface area contributed by atoms with Gasteiger partial charge >= 0.3 is 5.97 Å². The molecule has 0 saturated carbocycles. The average molecular weight is 382 g/mol. The Bertz CT molecular complexity index is 662. The molecule has 0 atom stereocenters. The number of amides is 3. The Labute approximate surface area is 153 Å². The number of hydrogen-bond acceptors (Lipinski definition) is 8.